The maximum atomic E-state index is 6.38. The van der Waals surface area contributed by atoms with Gasteiger partial charge < -0.3 is 9.26 Å². The predicted molar refractivity (Wildman–Crippen MR) is 108 cm³/mol. The summed E-state index contributed by atoms with van der Waals surface area (Å²) in [7, 11) is 0. The number of nitrogens with zero attached hydrogens (tertiary/aromatic N) is 2. The molecule has 4 aromatic rings. The van der Waals surface area contributed by atoms with Gasteiger partial charge in [0, 0.05) is 22.4 Å². The lowest BCUT2D eigenvalue weighted by molar-refractivity contribution is 0.323. The number of thiophene rings is 1. The zero-order valence-corrected chi connectivity index (χ0v) is 16.3. The van der Waals surface area contributed by atoms with Crippen LogP contribution in [-0.4, -0.2) is 16.7 Å². The van der Waals surface area contributed by atoms with Crippen LogP contribution in [0.5, 0.6) is 5.75 Å². The third-order valence-electron chi connectivity index (χ3n) is 4.18. The van der Waals surface area contributed by atoms with E-state index in [1.54, 1.807) is 17.4 Å². The van der Waals surface area contributed by atoms with Gasteiger partial charge in [-0.05, 0) is 48.2 Å². The van der Waals surface area contributed by atoms with Crippen molar-refractivity contribution in [1.29, 1.82) is 0 Å². The lowest BCUT2D eigenvalue weighted by Gasteiger charge is -2.08. The van der Waals surface area contributed by atoms with E-state index in [0.717, 1.165) is 23.1 Å². The smallest absolute Gasteiger partial charge is 0.258 e. The molecule has 136 valence electrons. The molecular formula is C21H17ClN2O2S. The molecule has 2 aromatic carbocycles. The van der Waals surface area contributed by atoms with Gasteiger partial charge in [0.2, 0.25) is 5.82 Å². The Morgan fingerprint density at radius 2 is 2.00 bits per heavy atom. The number of aryl methyl sites for hydroxylation is 1. The SMILES string of the molecule is Cc1ccccc1-c1nc(-c2ccc(OCCc3cccs3)c(Cl)c2)no1. The lowest BCUT2D eigenvalue weighted by atomic mass is 10.1. The molecular weight excluding hydrogens is 380 g/mol. The third-order valence-corrected chi connectivity index (χ3v) is 5.41. The standard InChI is InChI=1S/C21H17ClN2O2S/c1-14-5-2-3-7-17(14)21-23-20(24-26-21)15-8-9-19(18(22)13-15)25-11-10-16-6-4-12-27-16/h2-9,12-13H,10-11H2,1H3. The van der Waals surface area contributed by atoms with Crippen LogP contribution in [0.15, 0.2) is 64.5 Å². The van der Waals surface area contributed by atoms with Crippen molar-refractivity contribution in [2.75, 3.05) is 6.61 Å². The first kappa shape index (κ1) is 17.8. The quantitative estimate of drug-likeness (QED) is 0.398. The summed E-state index contributed by atoms with van der Waals surface area (Å²) in [5.41, 5.74) is 2.80. The average Bonchev–Trinajstić information content (AvgIpc) is 3.35. The van der Waals surface area contributed by atoms with Gasteiger partial charge in [-0.1, -0.05) is 41.0 Å². The van der Waals surface area contributed by atoms with E-state index >= 15 is 0 Å². The van der Waals surface area contributed by atoms with Gasteiger partial charge in [0.05, 0.1) is 11.6 Å². The maximum absolute atomic E-state index is 6.38. The Hall–Kier alpha value is -2.63. The van der Waals surface area contributed by atoms with Crippen molar-refractivity contribution in [3.8, 4) is 28.6 Å². The molecule has 0 N–H and O–H groups in total. The fourth-order valence-electron chi connectivity index (χ4n) is 2.74. The van der Waals surface area contributed by atoms with Crippen molar-refractivity contribution >= 4 is 22.9 Å². The Morgan fingerprint density at radius 3 is 2.78 bits per heavy atom. The van der Waals surface area contributed by atoms with Crippen molar-refractivity contribution in [3.05, 3.63) is 75.4 Å². The molecule has 2 aromatic heterocycles. The summed E-state index contributed by atoms with van der Waals surface area (Å²) in [6.45, 7) is 2.59. The number of hydrogen-bond donors (Lipinski definition) is 0. The van der Waals surface area contributed by atoms with E-state index < -0.39 is 0 Å². The first-order valence-electron chi connectivity index (χ1n) is 8.55. The number of rotatable bonds is 6. The van der Waals surface area contributed by atoms with Crippen LogP contribution in [-0.2, 0) is 6.42 Å². The minimum absolute atomic E-state index is 0.496. The van der Waals surface area contributed by atoms with Crippen molar-refractivity contribution in [2.45, 2.75) is 13.3 Å². The number of benzene rings is 2. The van der Waals surface area contributed by atoms with Gasteiger partial charge in [0.25, 0.3) is 5.89 Å². The molecule has 4 nitrogen and oxygen atoms in total. The van der Waals surface area contributed by atoms with Gasteiger partial charge in [-0.15, -0.1) is 11.3 Å². The van der Waals surface area contributed by atoms with E-state index in [-0.39, 0.29) is 0 Å². The van der Waals surface area contributed by atoms with Crippen LogP contribution in [0.4, 0.5) is 0 Å². The average molecular weight is 397 g/mol. The van der Waals surface area contributed by atoms with E-state index in [1.807, 2.05) is 49.4 Å². The van der Waals surface area contributed by atoms with Crippen LogP contribution < -0.4 is 4.74 Å². The Bertz CT molecular complexity index is 1040. The molecule has 0 unspecified atom stereocenters. The Balaban J connectivity index is 1.48. The maximum Gasteiger partial charge on any atom is 0.258 e. The molecule has 6 heteroatoms. The summed E-state index contributed by atoms with van der Waals surface area (Å²) >= 11 is 8.10. The molecule has 0 spiro atoms. The molecule has 27 heavy (non-hydrogen) atoms. The predicted octanol–water partition coefficient (Wildman–Crippen LogP) is 6.05. The fraction of sp³-hybridized carbons (Fsp3) is 0.143. The summed E-state index contributed by atoms with van der Waals surface area (Å²) in [4.78, 5) is 5.79. The van der Waals surface area contributed by atoms with E-state index in [9.17, 15) is 0 Å². The molecule has 0 saturated carbocycles. The number of halogens is 1. The van der Waals surface area contributed by atoms with Gasteiger partial charge >= 0.3 is 0 Å². The molecule has 0 aliphatic heterocycles. The van der Waals surface area contributed by atoms with E-state index in [4.69, 9.17) is 20.9 Å². The first-order chi connectivity index (χ1) is 13.2. The number of ether oxygens (including phenoxy) is 1. The van der Waals surface area contributed by atoms with Crippen LogP contribution in [0.25, 0.3) is 22.8 Å². The summed E-state index contributed by atoms with van der Waals surface area (Å²) in [5.74, 6) is 1.65. The zero-order chi connectivity index (χ0) is 18.6. The molecule has 0 aliphatic carbocycles. The van der Waals surface area contributed by atoms with E-state index in [2.05, 4.69) is 21.6 Å². The summed E-state index contributed by atoms with van der Waals surface area (Å²) in [5, 5.41) is 6.68. The molecule has 0 fully saturated rings. The van der Waals surface area contributed by atoms with Gasteiger partial charge in [-0.25, -0.2) is 0 Å². The van der Waals surface area contributed by atoms with Gasteiger partial charge in [0.1, 0.15) is 5.75 Å². The highest BCUT2D eigenvalue weighted by atomic mass is 35.5. The summed E-state index contributed by atoms with van der Waals surface area (Å²) in [6, 6.07) is 17.6. The van der Waals surface area contributed by atoms with E-state index in [1.165, 1.54) is 4.88 Å². The van der Waals surface area contributed by atoms with Crippen LogP contribution in [0.2, 0.25) is 5.02 Å². The molecule has 0 amide bonds. The molecule has 0 radical (unpaired) electrons. The molecule has 0 aliphatic rings. The van der Waals surface area contributed by atoms with Crippen LogP contribution in [0.1, 0.15) is 10.4 Å². The van der Waals surface area contributed by atoms with Crippen molar-refractivity contribution < 1.29 is 9.26 Å². The van der Waals surface area contributed by atoms with Crippen molar-refractivity contribution in [3.63, 3.8) is 0 Å². The molecule has 2 heterocycles. The van der Waals surface area contributed by atoms with Crippen molar-refractivity contribution in [1.82, 2.24) is 10.1 Å². The largest absolute Gasteiger partial charge is 0.492 e. The topological polar surface area (TPSA) is 48.2 Å². The monoisotopic (exact) mass is 396 g/mol. The molecule has 0 atom stereocenters. The molecule has 0 bridgehead atoms. The summed E-state index contributed by atoms with van der Waals surface area (Å²) in [6.07, 6.45) is 0.861. The second-order valence-electron chi connectivity index (χ2n) is 6.06. The van der Waals surface area contributed by atoms with Crippen LogP contribution in [0, 0.1) is 6.92 Å². The van der Waals surface area contributed by atoms with E-state index in [0.29, 0.717) is 29.1 Å². The first-order valence-corrected chi connectivity index (χ1v) is 9.81. The second-order valence-corrected chi connectivity index (χ2v) is 7.50. The highest BCUT2D eigenvalue weighted by Crippen LogP contribution is 2.31. The Labute approximate surface area is 166 Å². The number of hydrogen-bond acceptors (Lipinski definition) is 5. The van der Waals surface area contributed by atoms with Gasteiger partial charge in [0.15, 0.2) is 0 Å². The minimum atomic E-state index is 0.496. The van der Waals surface area contributed by atoms with Crippen LogP contribution >= 0.6 is 22.9 Å². The van der Waals surface area contributed by atoms with Crippen molar-refractivity contribution in [2.24, 2.45) is 0 Å². The number of aromatic nitrogens is 2. The second kappa shape index (κ2) is 7.94. The lowest BCUT2D eigenvalue weighted by Crippen LogP contribution is -2.00. The zero-order valence-electron chi connectivity index (χ0n) is 14.7. The van der Waals surface area contributed by atoms with Crippen LogP contribution in [0.3, 0.4) is 0 Å². The van der Waals surface area contributed by atoms with Gasteiger partial charge in [-0.2, -0.15) is 4.98 Å². The van der Waals surface area contributed by atoms with Gasteiger partial charge in [-0.3, -0.25) is 0 Å². The molecule has 4 rings (SSSR count). The Kier molecular flexibility index (Phi) is 5.23. The fourth-order valence-corrected chi connectivity index (χ4v) is 3.66. The molecule has 0 saturated heterocycles. The normalized spacial score (nSPS) is 10.9. The third kappa shape index (κ3) is 4.04. The Morgan fingerprint density at radius 1 is 1.11 bits per heavy atom. The minimum Gasteiger partial charge on any atom is -0.492 e. The highest BCUT2D eigenvalue weighted by molar-refractivity contribution is 7.09. The summed E-state index contributed by atoms with van der Waals surface area (Å²) < 4.78 is 11.2. The highest BCUT2D eigenvalue weighted by Gasteiger charge is 2.14.